The number of sulfonamides is 1. The molecule has 0 spiro atoms. The number of hydrogen-bond donors (Lipinski definition) is 2. The van der Waals surface area contributed by atoms with Crippen LogP contribution in [0.2, 0.25) is 0 Å². The summed E-state index contributed by atoms with van der Waals surface area (Å²) in [6, 6.07) is 6.65. The van der Waals surface area contributed by atoms with Gasteiger partial charge in [-0.15, -0.1) is 0 Å². The van der Waals surface area contributed by atoms with Gasteiger partial charge in [0.15, 0.2) is 0 Å². The Balaban J connectivity index is 1.37. The number of carbonyl (C=O) groups is 1. The number of amidine groups is 1. The predicted molar refractivity (Wildman–Crippen MR) is 95.6 cm³/mol. The van der Waals surface area contributed by atoms with Crippen LogP contribution in [-0.2, 0) is 24.3 Å². The summed E-state index contributed by atoms with van der Waals surface area (Å²) >= 11 is 0. The van der Waals surface area contributed by atoms with Crippen molar-refractivity contribution in [3.05, 3.63) is 29.8 Å². The van der Waals surface area contributed by atoms with Gasteiger partial charge in [0.25, 0.3) is 10.0 Å². The van der Waals surface area contributed by atoms with E-state index in [9.17, 15) is 13.2 Å². The van der Waals surface area contributed by atoms with E-state index in [1.807, 2.05) is 0 Å². The quantitative estimate of drug-likeness (QED) is 0.635. The van der Waals surface area contributed by atoms with Crippen molar-refractivity contribution in [2.75, 3.05) is 32.9 Å². The molecule has 26 heavy (non-hydrogen) atoms. The van der Waals surface area contributed by atoms with Gasteiger partial charge >= 0.3 is 0 Å². The van der Waals surface area contributed by atoms with E-state index < -0.39 is 10.0 Å². The van der Waals surface area contributed by atoms with E-state index in [4.69, 9.17) is 9.47 Å². The first-order chi connectivity index (χ1) is 12.6. The zero-order valence-corrected chi connectivity index (χ0v) is 15.3. The summed E-state index contributed by atoms with van der Waals surface area (Å²) in [4.78, 5) is 16.3. The fourth-order valence-corrected chi connectivity index (χ4v) is 4.05. The predicted octanol–water partition coefficient (Wildman–Crippen LogP) is 0.427. The molecule has 1 fully saturated rings. The first-order valence-electron chi connectivity index (χ1n) is 8.69. The topological polar surface area (TPSA) is 106 Å². The zero-order valence-electron chi connectivity index (χ0n) is 14.4. The molecule has 2 aliphatic rings. The van der Waals surface area contributed by atoms with E-state index in [-0.39, 0.29) is 29.9 Å². The fraction of sp³-hybridized carbons (Fsp3) is 0.529. The lowest BCUT2D eigenvalue weighted by Gasteiger charge is -2.09. The summed E-state index contributed by atoms with van der Waals surface area (Å²) in [7, 11) is -3.54. The van der Waals surface area contributed by atoms with E-state index in [1.165, 1.54) is 6.07 Å². The van der Waals surface area contributed by atoms with Crippen molar-refractivity contribution in [1.29, 1.82) is 0 Å². The molecule has 8 nitrogen and oxygen atoms in total. The summed E-state index contributed by atoms with van der Waals surface area (Å²) in [6.07, 6.45) is 2.05. The standard InChI is InChI=1S/C17H23N3O5S/c21-16(18-8-3-10-25-13-7-11-24-12-13)6-9-19-17-14-4-1-2-5-15(14)26(22,23)20-17/h1-2,4-5,13H,3,6-12H2,(H,18,21)(H,19,20)/t13-/m0/s1. The molecular weight excluding hydrogens is 358 g/mol. The van der Waals surface area contributed by atoms with Crippen molar-refractivity contribution in [2.45, 2.75) is 30.3 Å². The normalized spacial score (nSPS) is 22.2. The Bertz CT molecular complexity index is 772. The van der Waals surface area contributed by atoms with Gasteiger partial charge in [0.1, 0.15) is 5.84 Å². The summed E-state index contributed by atoms with van der Waals surface area (Å²) < 4.78 is 37.2. The lowest BCUT2D eigenvalue weighted by atomic mass is 10.2. The molecule has 0 aliphatic carbocycles. The van der Waals surface area contributed by atoms with Gasteiger partial charge in [0.2, 0.25) is 5.91 Å². The minimum Gasteiger partial charge on any atom is -0.379 e. The molecule has 0 radical (unpaired) electrons. The molecular formula is C17H23N3O5S. The fourth-order valence-electron chi connectivity index (χ4n) is 2.80. The Morgan fingerprint density at radius 3 is 3.04 bits per heavy atom. The third kappa shape index (κ3) is 4.80. The molecule has 1 aromatic carbocycles. The molecule has 0 unspecified atom stereocenters. The molecule has 0 bridgehead atoms. The highest BCUT2D eigenvalue weighted by Crippen LogP contribution is 2.22. The van der Waals surface area contributed by atoms with Crippen LogP contribution in [0.25, 0.3) is 0 Å². The smallest absolute Gasteiger partial charge is 0.263 e. The van der Waals surface area contributed by atoms with E-state index in [2.05, 4.69) is 15.0 Å². The molecule has 3 rings (SSSR count). The van der Waals surface area contributed by atoms with Crippen LogP contribution in [0.4, 0.5) is 0 Å². The monoisotopic (exact) mass is 381 g/mol. The molecule has 1 aromatic rings. The maximum absolute atomic E-state index is 12.0. The van der Waals surface area contributed by atoms with E-state index in [0.29, 0.717) is 31.2 Å². The first-order valence-corrected chi connectivity index (χ1v) is 10.2. The maximum Gasteiger partial charge on any atom is 0.263 e. The number of aliphatic imine (C=N–C) groups is 1. The van der Waals surface area contributed by atoms with Gasteiger partial charge in [-0.25, -0.2) is 8.42 Å². The zero-order chi connectivity index (χ0) is 18.4. The van der Waals surface area contributed by atoms with Gasteiger partial charge in [-0.3, -0.25) is 14.5 Å². The van der Waals surface area contributed by atoms with Crippen molar-refractivity contribution in [1.82, 2.24) is 10.0 Å². The van der Waals surface area contributed by atoms with Crippen LogP contribution < -0.4 is 10.0 Å². The van der Waals surface area contributed by atoms with Crippen LogP contribution in [0.1, 0.15) is 24.8 Å². The molecule has 142 valence electrons. The second-order valence-corrected chi connectivity index (χ2v) is 7.79. The van der Waals surface area contributed by atoms with Crippen molar-refractivity contribution in [2.24, 2.45) is 4.99 Å². The Hall–Kier alpha value is -1.97. The molecule has 1 amide bonds. The second kappa shape index (κ2) is 8.61. The third-order valence-electron chi connectivity index (χ3n) is 4.16. The molecule has 9 heteroatoms. The van der Waals surface area contributed by atoms with E-state index in [1.54, 1.807) is 18.2 Å². The number of carbonyl (C=O) groups excluding carboxylic acids is 1. The lowest BCUT2D eigenvalue weighted by Crippen LogP contribution is -2.27. The first kappa shape index (κ1) is 18.8. The lowest BCUT2D eigenvalue weighted by molar-refractivity contribution is -0.120. The minimum absolute atomic E-state index is 0.118. The number of benzene rings is 1. The number of rotatable bonds is 8. The average Bonchev–Trinajstić information content (AvgIpc) is 3.22. The van der Waals surface area contributed by atoms with Gasteiger partial charge in [-0.1, -0.05) is 12.1 Å². The van der Waals surface area contributed by atoms with Gasteiger partial charge in [-0.05, 0) is 25.0 Å². The van der Waals surface area contributed by atoms with Gasteiger partial charge in [0, 0.05) is 31.7 Å². The molecule has 1 saturated heterocycles. The number of hydrogen-bond acceptors (Lipinski definition) is 6. The van der Waals surface area contributed by atoms with Crippen LogP contribution in [0.3, 0.4) is 0 Å². The van der Waals surface area contributed by atoms with E-state index >= 15 is 0 Å². The Labute approximate surface area is 153 Å². The Morgan fingerprint density at radius 2 is 2.23 bits per heavy atom. The summed E-state index contributed by atoms with van der Waals surface area (Å²) in [5, 5.41) is 2.81. The van der Waals surface area contributed by atoms with Crippen molar-refractivity contribution >= 4 is 21.8 Å². The number of amides is 1. The summed E-state index contributed by atoms with van der Waals surface area (Å²) in [6.45, 7) is 2.76. The van der Waals surface area contributed by atoms with Crippen LogP contribution >= 0.6 is 0 Å². The van der Waals surface area contributed by atoms with E-state index in [0.717, 1.165) is 19.4 Å². The Kier molecular flexibility index (Phi) is 6.23. The van der Waals surface area contributed by atoms with Gasteiger partial charge in [-0.2, -0.15) is 0 Å². The molecule has 2 aliphatic heterocycles. The number of nitrogens with zero attached hydrogens (tertiary/aromatic N) is 1. The van der Waals surface area contributed by atoms with Crippen molar-refractivity contribution in [3.63, 3.8) is 0 Å². The maximum atomic E-state index is 12.0. The Morgan fingerprint density at radius 1 is 1.38 bits per heavy atom. The molecule has 0 aromatic heterocycles. The molecule has 0 saturated carbocycles. The van der Waals surface area contributed by atoms with Gasteiger partial charge in [0.05, 0.1) is 24.2 Å². The van der Waals surface area contributed by atoms with Crippen molar-refractivity contribution < 1.29 is 22.7 Å². The average molecular weight is 381 g/mol. The van der Waals surface area contributed by atoms with Gasteiger partial charge < -0.3 is 14.8 Å². The molecule has 1 atom stereocenters. The highest BCUT2D eigenvalue weighted by atomic mass is 32.2. The highest BCUT2D eigenvalue weighted by Gasteiger charge is 2.29. The number of ether oxygens (including phenoxy) is 2. The number of fused-ring (bicyclic) bond motifs is 1. The third-order valence-corrected chi connectivity index (χ3v) is 5.55. The molecule has 2 N–H and O–H groups in total. The summed E-state index contributed by atoms with van der Waals surface area (Å²) in [5.41, 5.74) is 0.543. The van der Waals surface area contributed by atoms with Crippen LogP contribution in [0.5, 0.6) is 0 Å². The highest BCUT2D eigenvalue weighted by molar-refractivity contribution is 7.90. The summed E-state index contributed by atoms with van der Waals surface area (Å²) in [5.74, 6) is 0.174. The van der Waals surface area contributed by atoms with Crippen LogP contribution in [0, 0.1) is 0 Å². The minimum atomic E-state index is -3.54. The molecule has 2 heterocycles. The largest absolute Gasteiger partial charge is 0.379 e. The van der Waals surface area contributed by atoms with Crippen LogP contribution in [0.15, 0.2) is 34.2 Å². The van der Waals surface area contributed by atoms with Crippen molar-refractivity contribution in [3.8, 4) is 0 Å². The SMILES string of the molecule is O=C(CCN=C1NS(=O)(=O)c2ccccc21)NCCCO[C@H]1CCOC1. The number of nitrogens with one attached hydrogen (secondary N) is 2. The second-order valence-electron chi connectivity index (χ2n) is 6.14. The van der Waals surface area contributed by atoms with Crippen LogP contribution in [-0.4, -0.2) is 59.2 Å².